The highest BCUT2D eigenvalue weighted by molar-refractivity contribution is 9.10. The number of hydrogen-bond donors (Lipinski definition) is 1. The molecule has 0 aliphatic carbocycles. The standard InChI is InChI=1S/C29H23BrN4O3/c1-2-27-33-25-14-13-20(30)16-23(25)29(36)34(27)31-17-24-22-11-7-6-8-19(22)12-15-26(24)37-18-28(35)32-21-9-4-3-5-10-21/h3-17H,2,18H2,1H3,(H,32,35). The number of benzene rings is 4. The van der Waals surface area contributed by atoms with Crippen molar-refractivity contribution in [3.63, 3.8) is 0 Å². The van der Waals surface area contributed by atoms with Crippen LogP contribution in [0.2, 0.25) is 0 Å². The third-order valence-electron chi connectivity index (χ3n) is 5.84. The molecule has 4 aromatic carbocycles. The van der Waals surface area contributed by atoms with Gasteiger partial charge < -0.3 is 10.1 Å². The Hall–Kier alpha value is -4.30. The third kappa shape index (κ3) is 5.29. The van der Waals surface area contributed by atoms with E-state index in [1.165, 1.54) is 4.68 Å². The van der Waals surface area contributed by atoms with Crippen molar-refractivity contribution in [3.8, 4) is 5.75 Å². The number of nitrogens with zero attached hydrogens (tertiary/aromatic N) is 3. The molecule has 0 aliphatic rings. The van der Waals surface area contributed by atoms with Crippen molar-refractivity contribution in [2.45, 2.75) is 13.3 Å². The van der Waals surface area contributed by atoms with E-state index < -0.39 is 0 Å². The normalized spacial score (nSPS) is 11.3. The van der Waals surface area contributed by atoms with Crippen LogP contribution < -0.4 is 15.6 Å². The monoisotopic (exact) mass is 554 g/mol. The lowest BCUT2D eigenvalue weighted by molar-refractivity contribution is -0.118. The molecule has 0 spiro atoms. The summed E-state index contributed by atoms with van der Waals surface area (Å²) in [5.41, 5.74) is 1.71. The minimum absolute atomic E-state index is 0.181. The second-order valence-corrected chi connectivity index (χ2v) is 9.22. The molecule has 37 heavy (non-hydrogen) atoms. The minimum Gasteiger partial charge on any atom is -0.483 e. The Morgan fingerprint density at radius 2 is 1.81 bits per heavy atom. The zero-order chi connectivity index (χ0) is 25.8. The zero-order valence-electron chi connectivity index (χ0n) is 20.0. The fourth-order valence-corrected chi connectivity index (χ4v) is 4.42. The van der Waals surface area contributed by atoms with E-state index >= 15 is 0 Å². The van der Waals surface area contributed by atoms with E-state index in [1.807, 2.05) is 79.7 Å². The van der Waals surface area contributed by atoms with Gasteiger partial charge in [0.1, 0.15) is 11.6 Å². The first-order chi connectivity index (χ1) is 18.0. The molecule has 0 saturated carbocycles. The number of aromatic nitrogens is 2. The van der Waals surface area contributed by atoms with Crippen LogP contribution >= 0.6 is 15.9 Å². The number of halogens is 1. The highest BCUT2D eigenvalue weighted by Gasteiger charge is 2.13. The van der Waals surface area contributed by atoms with Gasteiger partial charge in [-0.25, -0.2) is 4.98 Å². The Morgan fingerprint density at radius 1 is 1.03 bits per heavy atom. The van der Waals surface area contributed by atoms with Crippen molar-refractivity contribution in [1.82, 2.24) is 9.66 Å². The van der Waals surface area contributed by atoms with Crippen molar-refractivity contribution < 1.29 is 9.53 Å². The van der Waals surface area contributed by atoms with Gasteiger partial charge in [0.2, 0.25) is 0 Å². The van der Waals surface area contributed by atoms with Crippen LogP contribution in [0.1, 0.15) is 18.3 Å². The first-order valence-corrected chi connectivity index (χ1v) is 12.6. The topological polar surface area (TPSA) is 85.6 Å². The predicted octanol–water partition coefficient (Wildman–Crippen LogP) is 5.77. The van der Waals surface area contributed by atoms with E-state index in [0.29, 0.717) is 40.1 Å². The van der Waals surface area contributed by atoms with Crippen molar-refractivity contribution in [1.29, 1.82) is 0 Å². The molecule has 7 nitrogen and oxygen atoms in total. The van der Waals surface area contributed by atoms with Crippen LogP contribution in [0, 0.1) is 0 Å². The summed E-state index contributed by atoms with van der Waals surface area (Å²) in [5, 5.41) is 9.70. The number of carbonyl (C=O) groups excluding carboxylic acids is 1. The highest BCUT2D eigenvalue weighted by Crippen LogP contribution is 2.27. The van der Waals surface area contributed by atoms with Crippen LogP contribution in [0.15, 0.2) is 99.3 Å². The molecule has 0 aliphatic heterocycles. The lowest BCUT2D eigenvalue weighted by Gasteiger charge is -2.13. The summed E-state index contributed by atoms with van der Waals surface area (Å²) in [6.45, 7) is 1.75. The number of fused-ring (bicyclic) bond motifs is 2. The molecule has 0 bridgehead atoms. The van der Waals surface area contributed by atoms with Crippen LogP contribution in [-0.4, -0.2) is 28.4 Å². The summed E-state index contributed by atoms with van der Waals surface area (Å²) in [6.07, 6.45) is 2.12. The number of anilines is 1. The molecule has 1 amide bonds. The largest absolute Gasteiger partial charge is 0.483 e. The van der Waals surface area contributed by atoms with Crippen LogP contribution in [0.5, 0.6) is 5.75 Å². The molecular weight excluding hydrogens is 532 g/mol. The van der Waals surface area contributed by atoms with E-state index in [0.717, 1.165) is 15.2 Å². The van der Waals surface area contributed by atoms with Crippen molar-refractivity contribution in [2.75, 3.05) is 11.9 Å². The van der Waals surface area contributed by atoms with Gasteiger partial charge in [-0.3, -0.25) is 9.59 Å². The Balaban J connectivity index is 1.52. The second kappa shape index (κ2) is 10.8. The number of nitrogens with one attached hydrogen (secondary N) is 1. The molecule has 5 aromatic rings. The summed E-state index contributed by atoms with van der Waals surface area (Å²) >= 11 is 3.43. The van der Waals surface area contributed by atoms with Gasteiger partial charge in [0, 0.05) is 22.1 Å². The number of aryl methyl sites for hydroxylation is 1. The molecule has 184 valence electrons. The molecule has 0 atom stereocenters. The molecule has 8 heteroatoms. The number of ether oxygens (including phenoxy) is 1. The first-order valence-electron chi connectivity index (χ1n) is 11.8. The summed E-state index contributed by atoms with van der Waals surface area (Å²) in [4.78, 5) is 30.5. The number of hydrogen-bond acceptors (Lipinski definition) is 5. The van der Waals surface area contributed by atoms with E-state index in [2.05, 4.69) is 31.3 Å². The lowest BCUT2D eigenvalue weighted by Crippen LogP contribution is -2.22. The molecule has 5 rings (SSSR count). The second-order valence-electron chi connectivity index (χ2n) is 8.31. The Kier molecular flexibility index (Phi) is 7.09. The van der Waals surface area contributed by atoms with Gasteiger partial charge in [-0.2, -0.15) is 9.78 Å². The maximum atomic E-state index is 13.3. The third-order valence-corrected chi connectivity index (χ3v) is 6.33. The fourth-order valence-electron chi connectivity index (χ4n) is 4.05. The maximum Gasteiger partial charge on any atom is 0.282 e. The summed E-state index contributed by atoms with van der Waals surface area (Å²) in [5.74, 6) is 0.741. The van der Waals surface area contributed by atoms with Gasteiger partial charge in [-0.05, 0) is 47.2 Å². The molecule has 0 radical (unpaired) electrons. The minimum atomic E-state index is -0.281. The number of para-hydroxylation sites is 1. The molecule has 1 N–H and O–H groups in total. The molecule has 0 fully saturated rings. The van der Waals surface area contributed by atoms with E-state index in [-0.39, 0.29) is 18.1 Å². The summed E-state index contributed by atoms with van der Waals surface area (Å²) in [6, 6.07) is 26.1. The van der Waals surface area contributed by atoms with Crippen LogP contribution in [0.4, 0.5) is 5.69 Å². The van der Waals surface area contributed by atoms with Crippen molar-refractivity contribution in [2.24, 2.45) is 5.10 Å². The quantitative estimate of drug-likeness (QED) is 0.258. The average Bonchev–Trinajstić information content (AvgIpc) is 2.92. The predicted molar refractivity (Wildman–Crippen MR) is 151 cm³/mol. The molecule has 0 unspecified atom stereocenters. The highest BCUT2D eigenvalue weighted by atomic mass is 79.9. The number of amides is 1. The Morgan fingerprint density at radius 3 is 2.62 bits per heavy atom. The molecule has 0 saturated heterocycles. The van der Waals surface area contributed by atoms with Gasteiger partial charge in [0.05, 0.1) is 17.1 Å². The van der Waals surface area contributed by atoms with Gasteiger partial charge >= 0.3 is 0 Å². The first kappa shape index (κ1) is 24.4. The van der Waals surface area contributed by atoms with E-state index in [4.69, 9.17) is 4.74 Å². The molecule has 1 heterocycles. The lowest BCUT2D eigenvalue weighted by atomic mass is 10.0. The van der Waals surface area contributed by atoms with Gasteiger partial charge in [-0.15, -0.1) is 0 Å². The van der Waals surface area contributed by atoms with Gasteiger partial charge in [-0.1, -0.05) is 71.4 Å². The fraction of sp³-hybridized carbons (Fsp3) is 0.103. The van der Waals surface area contributed by atoms with E-state index in [1.54, 1.807) is 18.3 Å². The maximum absolute atomic E-state index is 13.3. The summed E-state index contributed by atoms with van der Waals surface area (Å²) in [7, 11) is 0. The molecule has 1 aromatic heterocycles. The Bertz CT molecular complexity index is 1700. The van der Waals surface area contributed by atoms with Crippen molar-refractivity contribution in [3.05, 3.63) is 111 Å². The zero-order valence-corrected chi connectivity index (χ0v) is 21.6. The molecular formula is C29H23BrN4O3. The smallest absolute Gasteiger partial charge is 0.282 e. The van der Waals surface area contributed by atoms with Crippen LogP contribution in [0.3, 0.4) is 0 Å². The summed E-state index contributed by atoms with van der Waals surface area (Å²) < 4.78 is 8.04. The number of rotatable bonds is 7. The van der Waals surface area contributed by atoms with Gasteiger partial charge in [0.25, 0.3) is 11.5 Å². The SMILES string of the molecule is CCc1nc2ccc(Br)cc2c(=O)n1N=Cc1c(OCC(=O)Nc2ccccc2)ccc2ccccc12. The average molecular weight is 555 g/mol. The van der Waals surface area contributed by atoms with Gasteiger partial charge in [0.15, 0.2) is 6.61 Å². The van der Waals surface area contributed by atoms with Crippen LogP contribution in [0.25, 0.3) is 21.7 Å². The Labute approximate surface area is 221 Å². The van der Waals surface area contributed by atoms with Crippen LogP contribution in [-0.2, 0) is 11.2 Å². The van der Waals surface area contributed by atoms with Crippen molar-refractivity contribution >= 4 is 55.4 Å². The van der Waals surface area contributed by atoms with E-state index in [9.17, 15) is 9.59 Å². The number of carbonyl (C=O) groups is 1.